The van der Waals surface area contributed by atoms with Crippen molar-refractivity contribution in [1.82, 2.24) is 0 Å². The van der Waals surface area contributed by atoms with Gasteiger partial charge in [0, 0.05) is 11.3 Å². The molecule has 4 fully saturated rings. The van der Waals surface area contributed by atoms with Crippen LogP contribution in [0.3, 0.4) is 0 Å². The van der Waals surface area contributed by atoms with Gasteiger partial charge in [-0.25, -0.2) is 8.42 Å². The number of para-hydroxylation sites is 1. The number of hydrogen-bond acceptors (Lipinski definition) is 3. The third-order valence-corrected chi connectivity index (χ3v) is 10.4. The Balaban J connectivity index is 1.17. The van der Waals surface area contributed by atoms with E-state index in [0.29, 0.717) is 22.7 Å². The summed E-state index contributed by atoms with van der Waals surface area (Å²) in [5, 5.41) is 2.96. The summed E-state index contributed by atoms with van der Waals surface area (Å²) in [6.07, 6.45) is 6.98. The summed E-state index contributed by atoms with van der Waals surface area (Å²) >= 11 is 0. The van der Waals surface area contributed by atoms with E-state index in [1.54, 1.807) is 31.2 Å². The van der Waals surface area contributed by atoms with Gasteiger partial charge in [0.2, 0.25) is 0 Å². The van der Waals surface area contributed by atoms with E-state index in [-0.39, 0.29) is 10.8 Å². The highest BCUT2D eigenvalue weighted by molar-refractivity contribution is 7.92. The van der Waals surface area contributed by atoms with Crippen LogP contribution in [0.1, 0.15) is 65.1 Å². The Morgan fingerprint density at radius 3 is 2.08 bits per heavy atom. The van der Waals surface area contributed by atoms with Gasteiger partial charge in [0.15, 0.2) is 0 Å². The fourth-order valence-electron chi connectivity index (χ4n) is 7.38. The average molecular weight is 515 g/mol. The predicted molar refractivity (Wildman–Crippen MR) is 147 cm³/mol. The molecule has 0 unspecified atom stereocenters. The van der Waals surface area contributed by atoms with Gasteiger partial charge in [-0.1, -0.05) is 36.4 Å². The summed E-state index contributed by atoms with van der Waals surface area (Å²) in [6.45, 7) is 3.58. The molecule has 0 saturated heterocycles. The van der Waals surface area contributed by atoms with Crippen molar-refractivity contribution < 1.29 is 13.2 Å². The maximum absolute atomic E-state index is 13.2. The lowest BCUT2D eigenvalue weighted by molar-refractivity contribution is -0.00277. The highest BCUT2D eigenvalue weighted by Crippen LogP contribution is 2.59. The quantitative estimate of drug-likeness (QED) is 0.376. The largest absolute Gasteiger partial charge is 0.322 e. The number of amides is 1. The van der Waals surface area contributed by atoms with Gasteiger partial charge in [0.05, 0.1) is 10.6 Å². The van der Waals surface area contributed by atoms with Crippen molar-refractivity contribution in [3.8, 4) is 0 Å². The van der Waals surface area contributed by atoms with Crippen LogP contribution in [0.2, 0.25) is 0 Å². The topological polar surface area (TPSA) is 75.3 Å². The number of rotatable bonds is 6. The van der Waals surface area contributed by atoms with Gasteiger partial charge in [0.25, 0.3) is 15.9 Å². The van der Waals surface area contributed by atoms with Crippen LogP contribution < -0.4 is 10.0 Å². The fourth-order valence-corrected chi connectivity index (χ4v) is 8.78. The van der Waals surface area contributed by atoms with Crippen LogP contribution in [0.5, 0.6) is 0 Å². The normalized spacial score (nSPS) is 26.2. The first kappa shape index (κ1) is 24.2. The molecular formula is C31H34N2O3S. The molecule has 2 N–H and O–H groups in total. The number of aryl methyl sites for hydroxylation is 2. The fraction of sp³-hybridized carbons (Fsp3) is 0.387. The maximum atomic E-state index is 13.2. The van der Waals surface area contributed by atoms with Crippen molar-refractivity contribution in [3.63, 3.8) is 0 Å². The standard InChI is InChI=1S/C31H34N2O3S/c1-19-5-3-4-6-28(19)33-37(35,36)29-18-24(8-7-20(29)2)31(34)32-27-11-9-23(10-12-27)30-25-14-21-13-22(16-25)17-26(30)15-21/h3-12,18,21-22,25-26,30,33H,13-17H2,1-2H3,(H,32,34). The Labute approximate surface area is 219 Å². The van der Waals surface area contributed by atoms with Crippen molar-refractivity contribution >= 4 is 27.3 Å². The van der Waals surface area contributed by atoms with E-state index in [4.69, 9.17) is 0 Å². The summed E-state index contributed by atoms with van der Waals surface area (Å²) in [5.74, 6) is 3.87. The number of nitrogens with one attached hydrogen (secondary N) is 2. The highest BCUT2D eigenvalue weighted by atomic mass is 32.2. The van der Waals surface area contributed by atoms with Crippen LogP contribution in [0.15, 0.2) is 71.6 Å². The molecule has 0 spiro atoms. The Hall–Kier alpha value is -3.12. The van der Waals surface area contributed by atoms with Crippen LogP contribution >= 0.6 is 0 Å². The van der Waals surface area contributed by atoms with Crippen LogP contribution in [0, 0.1) is 37.5 Å². The Kier molecular flexibility index (Phi) is 6.10. The van der Waals surface area contributed by atoms with Crippen LogP contribution in [-0.2, 0) is 10.0 Å². The lowest BCUT2D eigenvalue weighted by Gasteiger charge is -2.54. The number of benzene rings is 3. The lowest BCUT2D eigenvalue weighted by Crippen LogP contribution is -2.43. The van der Waals surface area contributed by atoms with Gasteiger partial charge in [0.1, 0.15) is 0 Å². The van der Waals surface area contributed by atoms with Gasteiger partial charge in [-0.3, -0.25) is 9.52 Å². The second kappa shape index (κ2) is 9.32. The van der Waals surface area contributed by atoms with Crippen LogP contribution in [0.25, 0.3) is 0 Å². The lowest BCUT2D eigenvalue weighted by atomic mass is 9.51. The van der Waals surface area contributed by atoms with Gasteiger partial charge in [-0.15, -0.1) is 0 Å². The minimum atomic E-state index is -3.85. The molecule has 4 aliphatic rings. The minimum Gasteiger partial charge on any atom is -0.322 e. The molecule has 3 aromatic carbocycles. The van der Waals surface area contributed by atoms with E-state index in [2.05, 4.69) is 22.2 Å². The van der Waals surface area contributed by atoms with E-state index in [1.807, 2.05) is 31.2 Å². The number of hydrogen-bond donors (Lipinski definition) is 2. The molecule has 0 heterocycles. The van der Waals surface area contributed by atoms with Gasteiger partial charge in [-0.2, -0.15) is 0 Å². The Morgan fingerprint density at radius 2 is 1.43 bits per heavy atom. The molecular weight excluding hydrogens is 480 g/mol. The van der Waals surface area contributed by atoms with E-state index in [1.165, 1.54) is 43.7 Å². The first-order valence-electron chi connectivity index (χ1n) is 13.4. The molecule has 192 valence electrons. The Morgan fingerprint density at radius 1 is 0.784 bits per heavy atom. The van der Waals surface area contributed by atoms with Crippen LogP contribution in [-0.4, -0.2) is 14.3 Å². The first-order valence-corrected chi connectivity index (χ1v) is 14.9. The van der Waals surface area contributed by atoms with Crippen molar-refractivity contribution in [2.24, 2.45) is 23.7 Å². The molecule has 0 atom stereocenters. The third-order valence-electron chi connectivity index (χ3n) is 8.91. The maximum Gasteiger partial charge on any atom is 0.262 e. The molecule has 5 nitrogen and oxygen atoms in total. The zero-order chi connectivity index (χ0) is 25.7. The summed E-state index contributed by atoms with van der Waals surface area (Å²) in [7, 11) is -3.85. The smallest absolute Gasteiger partial charge is 0.262 e. The molecule has 0 aliphatic heterocycles. The number of carbonyl (C=O) groups is 1. The van der Waals surface area contributed by atoms with E-state index >= 15 is 0 Å². The highest BCUT2D eigenvalue weighted by Gasteiger charge is 2.48. The predicted octanol–water partition coefficient (Wildman–Crippen LogP) is 6.90. The molecule has 6 heteroatoms. The summed E-state index contributed by atoms with van der Waals surface area (Å²) in [4.78, 5) is 13.2. The first-order chi connectivity index (χ1) is 17.8. The molecule has 4 aliphatic carbocycles. The molecule has 4 saturated carbocycles. The SMILES string of the molecule is Cc1ccccc1NS(=O)(=O)c1cc(C(=O)Nc2ccc(C3C4CC5CC(C4)CC3C5)cc2)ccc1C. The minimum absolute atomic E-state index is 0.0978. The summed E-state index contributed by atoms with van der Waals surface area (Å²) in [5.41, 5.74) is 4.36. The Bertz CT molecular complexity index is 1420. The zero-order valence-corrected chi connectivity index (χ0v) is 22.2. The second-order valence-corrected chi connectivity index (χ2v) is 13.1. The van der Waals surface area contributed by atoms with Crippen LogP contribution in [0.4, 0.5) is 11.4 Å². The van der Waals surface area contributed by atoms with Crippen molar-refractivity contribution in [2.75, 3.05) is 10.0 Å². The zero-order valence-electron chi connectivity index (χ0n) is 21.4. The summed E-state index contributed by atoms with van der Waals surface area (Å²) < 4.78 is 29.0. The van der Waals surface area contributed by atoms with Gasteiger partial charge >= 0.3 is 0 Å². The molecule has 4 bridgehead atoms. The van der Waals surface area contributed by atoms with E-state index in [9.17, 15) is 13.2 Å². The number of sulfonamides is 1. The summed E-state index contributed by atoms with van der Waals surface area (Å²) in [6, 6.07) is 20.4. The second-order valence-electron chi connectivity index (χ2n) is 11.4. The molecule has 3 aromatic rings. The average Bonchev–Trinajstić information content (AvgIpc) is 2.86. The van der Waals surface area contributed by atoms with Gasteiger partial charge < -0.3 is 5.32 Å². The van der Waals surface area contributed by atoms with Gasteiger partial charge in [-0.05, 0) is 123 Å². The number of anilines is 2. The monoisotopic (exact) mass is 514 g/mol. The number of carbonyl (C=O) groups excluding carboxylic acids is 1. The van der Waals surface area contributed by atoms with Crippen molar-refractivity contribution in [3.05, 3.63) is 89.0 Å². The molecule has 1 amide bonds. The third kappa shape index (κ3) is 4.68. The molecule has 7 rings (SSSR count). The van der Waals surface area contributed by atoms with E-state index < -0.39 is 10.0 Å². The van der Waals surface area contributed by atoms with E-state index in [0.717, 1.165) is 34.9 Å². The van der Waals surface area contributed by atoms with Crippen molar-refractivity contribution in [2.45, 2.75) is 56.8 Å². The molecule has 37 heavy (non-hydrogen) atoms. The molecule has 0 radical (unpaired) electrons. The van der Waals surface area contributed by atoms with Crippen molar-refractivity contribution in [1.29, 1.82) is 0 Å². The molecule has 0 aromatic heterocycles.